The van der Waals surface area contributed by atoms with Crippen LogP contribution in [0.1, 0.15) is 20.8 Å². The monoisotopic (exact) mass is 182 g/mol. The first-order chi connectivity index (χ1) is 5.91. The molecule has 0 bridgehead atoms. The van der Waals surface area contributed by atoms with Gasteiger partial charge in [-0.15, -0.1) is 0 Å². The van der Waals surface area contributed by atoms with E-state index in [9.17, 15) is 9.59 Å². The fourth-order valence-electron chi connectivity index (χ4n) is 1.78. The largest absolute Gasteiger partial charge is 0.481 e. The maximum Gasteiger partial charge on any atom is 0.307 e. The Morgan fingerprint density at radius 2 is 2.00 bits per heavy atom. The van der Waals surface area contributed by atoms with E-state index in [1.807, 2.05) is 13.8 Å². The Hall–Kier alpha value is -1.12. The highest BCUT2D eigenvalue weighted by Crippen LogP contribution is 2.59. The van der Waals surface area contributed by atoms with Crippen molar-refractivity contribution in [1.82, 2.24) is 0 Å². The Labute approximate surface area is 77.4 Å². The molecule has 1 fully saturated rings. The Kier molecular flexibility index (Phi) is 2.28. The third-order valence-corrected chi connectivity index (χ3v) is 2.81. The number of hydrogen-bond donors (Lipinski definition) is 1. The van der Waals surface area contributed by atoms with Crippen LogP contribution in [0.5, 0.6) is 0 Å². The van der Waals surface area contributed by atoms with Crippen molar-refractivity contribution in [3.8, 4) is 0 Å². The van der Waals surface area contributed by atoms with E-state index in [1.165, 1.54) is 0 Å². The van der Waals surface area contributed by atoms with Crippen LogP contribution in [0, 0.1) is 17.3 Å². The molecule has 0 unspecified atom stereocenters. The topological polar surface area (TPSA) is 54.4 Å². The first kappa shape index (κ1) is 9.96. The standard InChI is InChI=1S/C10H14O3/c1-6(5-11)4-7-8(9(12)13)10(7,2)3/h4-5,7-8H,1-3H3,(H,12,13)/b6-4+/t7-,8+/m0/s1. The first-order valence-electron chi connectivity index (χ1n) is 4.27. The second-order valence-electron chi connectivity index (χ2n) is 4.19. The average Bonchev–Trinajstić information content (AvgIpc) is 2.53. The summed E-state index contributed by atoms with van der Waals surface area (Å²) in [5, 5.41) is 8.83. The van der Waals surface area contributed by atoms with E-state index in [-0.39, 0.29) is 17.3 Å². The second-order valence-corrected chi connectivity index (χ2v) is 4.19. The predicted molar refractivity (Wildman–Crippen MR) is 48.2 cm³/mol. The molecule has 72 valence electrons. The normalized spacial score (nSPS) is 31.2. The molecule has 1 N–H and O–H groups in total. The summed E-state index contributed by atoms with van der Waals surface area (Å²) in [5.74, 6) is -1.09. The molecule has 1 aliphatic rings. The number of carbonyl (C=O) groups excluding carboxylic acids is 1. The summed E-state index contributed by atoms with van der Waals surface area (Å²) < 4.78 is 0. The van der Waals surface area contributed by atoms with Crippen molar-refractivity contribution in [2.24, 2.45) is 17.3 Å². The Bertz CT molecular complexity index is 276. The highest BCUT2D eigenvalue weighted by molar-refractivity contribution is 5.78. The van der Waals surface area contributed by atoms with Crippen molar-refractivity contribution in [2.75, 3.05) is 0 Å². The van der Waals surface area contributed by atoms with Gasteiger partial charge < -0.3 is 5.11 Å². The van der Waals surface area contributed by atoms with Crippen molar-refractivity contribution in [3.05, 3.63) is 11.6 Å². The molecule has 0 spiro atoms. The van der Waals surface area contributed by atoms with Crippen molar-refractivity contribution >= 4 is 12.3 Å². The van der Waals surface area contributed by atoms with E-state index in [1.54, 1.807) is 13.0 Å². The zero-order valence-electron chi connectivity index (χ0n) is 8.07. The highest BCUT2D eigenvalue weighted by Gasteiger charge is 2.60. The second kappa shape index (κ2) is 2.98. The van der Waals surface area contributed by atoms with E-state index in [2.05, 4.69) is 0 Å². The predicted octanol–water partition coefficient (Wildman–Crippen LogP) is 1.49. The lowest BCUT2D eigenvalue weighted by Gasteiger charge is -1.96. The highest BCUT2D eigenvalue weighted by atomic mass is 16.4. The van der Waals surface area contributed by atoms with Gasteiger partial charge in [0.15, 0.2) is 0 Å². The summed E-state index contributed by atoms with van der Waals surface area (Å²) >= 11 is 0. The third-order valence-electron chi connectivity index (χ3n) is 2.81. The van der Waals surface area contributed by atoms with Gasteiger partial charge >= 0.3 is 5.97 Å². The molecular formula is C10H14O3. The number of carboxylic acids is 1. The zero-order valence-corrected chi connectivity index (χ0v) is 8.07. The van der Waals surface area contributed by atoms with E-state index in [0.29, 0.717) is 5.57 Å². The van der Waals surface area contributed by atoms with Gasteiger partial charge in [0.2, 0.25) is 0 Å². The van der Waals surface area contributed by atoms with Crippen LogP contribution < -0.4 is 0 Å². The molecule has 0 aromatic rings. The van der Waals surface area contributed by atoms with Crippen molar-refractivity contribution < 1.29 is 14.7 Å². The van der Waals surface area contributed by atoms with Gasteiger partial charge in [0.25, 0.3) is 0 Å². The Morgan fingerprint density at radius 3 is 2.31 bits per heavy atom. The number of carbonyl (C=O) groups is 2. The van der Waals surface area contributed by atoms with Gasteiger partial charge in [0.1, 0.15) is 6.29 Å². The minimum Gasteiger partial charge on any atom is -0.481 e. The van der Waals surface area contributed by atoms with E-state index >= 15 is 0 Å². The molecule has 0 saturated heterocycles. The van der Waals surface area contributed by atoms with E-state index < -0.39 is 5.97 Å². The van der Waals surface area contributed by atoms with Crippen LogP contribution in [0.2, 0.25) is 0 Å². The number of rotatable bonds is 3. The SMILES string of the molecule is C/C(C=O)=C\[C@H]1[C@H](C(=O)O)C1(C)C. The number of carboxylic acid groups (broad SMARTS) is 1. The molecule has 2 atom stereocenters. The fourth-order valence-corrected chi connectivity index (χ4v) is 1.78. The molecule has 1 rings (SSSR count). The molecule has 0 aromatic heterocycles. The molecular weight excluding hydrogens is 168 g/mol. The zero-order chi connectivity index (χ0) is 10.2. The van der Waals surface area contributed by atoms with Gasteiger partial charge in [-0.05, 0) is 23.8 Å². The number of aldehydes is 1. The van der Waals surface area contributed by atoms with Crippen LogP contribution in [0.4, 0.5) is 0 Å². The van der Waals surface area contributed by atoms with Gasteiger partial charge in [-0.2, -0.15) is 0 Å². The summed E-state index contributed by atoms with van der Waals surface area (Å²) in [6.45, 7) is 5.51. The molecule has 0 heterocycles. The van der Waals surface area contributed by atoms with Crippen molar-refractivity contribution in [3.63, 3.8) is 0 Å². The first-order valence-corrected chi connectivity index (χ1v) is 4.27. The van der Waals surface area contributed by atoms with Crippen LogP contribution in [0.15, 0.2) is 11.6 Å². The van der Waals surface area contributed by atoms with E-state index in [0.717, 1.165) is 6.29 Å². The van der Waals surface area contributed by atoms with Crippen LogP contribution in [0.3, 0.4) is 0 Å². The summed E-state index contributed by atoms with van der Waals surface area (Å²) in [6, 6.07) is 0. The smallest absolute Gasteiger partial charge is 0.307 e. The molecule has 3 nitrogen and oxygen atoms in total. The lowest BCUT2D eigenvalue weighted by atomic mass is 10.1. The van der Waals surface area contributed by atoms with Crippen molar-refractivity contribution in [1.29, 1.82) is 0 Å². The molecule has 3 heteroatoms. The number of aliphatic carboxylic acids is 1. The van der Waals surface area contributed by atoms with Gasteiger partial charge in [-0.1, -0.05) is 19.9 Å². The summed E-state index contributed by atoms with van der Waals surface area (Å²) in [5.41, 5.74) is 0.414. The quantitative estimate of drug-likeness (QED) is 0.531. The van der Waals surface area contributed by atoms with Gasteiger partial charge in [-0.3, -0.25) is 9.59 Å². The summed E-state index contributed by atoms with van der Waals surface area (Å²) in [4.78, 5) is 21.1. The van der Waals surface area contributed by atoms with E-state index in [4.69, 9.17) is 5.11 Å². The summed E-state index contributed by atoms with van der Waals surface area (Å²) in [7, 11) is 0. The lowest BCUT2D eigenvalue weighted by Crippen LogP contribution is -2.03. The van der Waals surface area contributed by atoms with Crippen LogP contribution >= 0.6 is 0 Å². The lowest BCUT2D eigenvalue weighted by molar-refractivity contribution is -0.139. The average molecular weight is 182 g/mol. The molecule has 13 heavy (non-hydrogen) atoms. The van der Waals surface area contributed by atoms with Gasteiger partial charge in [-0.25, -0.2) is 0 Å². The molecule has 0 aliphatic heterocycles. The maximum atomic E-state index is 10.7. The molecule has 0 radical (unpaired) electrons. The molecule has 1 aliphatic carbocycles. The van der Waals surface area contributed by atoms with Crippen molar-refractivity contribution in [2.45, 2.75) is 20.8 Å². The Morgan fingerprint density at radius 1 is 1.46 bits per heavy atom. The Balaban J connectivity index is 2.77. The third kappa shape index (κ3) is 1.64. The van der Waals surface area contributed by atoms with Gasteiger partial charge in [0.05, 0.1) is 5.92 Å². The molecule has 0 amide bonds. The molecule has 1 saturated carbocycles. The minimum atomic E-state index is -0.773. The minimum absolute atomic E-state index is 0.00944. The number of hydrogen-bond acceptors (Lipinski definition) is 2. The van der Waals surface area contributed by atoms with Gasteiger partial charge in [0, 0.05) is 0 Å². The summed E-state index contributed by atoms with van der Waals surface area (Å²) in [6.07, 6.45) is 2.51. The molecule has 0 aromatic carbocycles. The number of allylic oxidation sites excluding steroid dienone is 2. The van der Waals surface area contributed by atoms with Crippen LogP contribution in [-0.2, 0) is 9.59 Å². The maximum absolute atomic E-state index is 10.7. The van der Waals surface area contributed by atoms with Crippen LogP contribution in [-0.4, -0.2) is 17.4 Å². The fraction of sp³-hybridized carbons (Fsp3) is 0.600. The van der Waals surface area contributed by atoms with Crippen LogP contribution in [0.25, 0.3) is 0 Å².